The zero-order chi connectivity index (χ0) is 19.3. The van der Waals surface area contributed by atoms with Crippen LogP contribution in [0.15, 0.2) is 36.7 Å². The predicted octanol–water partition coefficient (Wildman–Crippen LogP) is 2.31. The number of likely N-dealkylation sites (tertiary alicyclic amines) is 1. The molecule has 144 valence electrons. The molecule has 2 aliphatic rings. The summed E-state index contributed by atoms with van der Waals surface area (Å²) in [5, 5.41) is 3.38. The molecule has 2 aromatic rings. The van der Waals surface area contributed by atoms with Gasteiger partial charge >= 0.3 is 0 Å². The number of amides is 1. The fourth-order valence-electron chi connectivity index (χ4n) is 3.87. The van der Waals surface area contributed by atoms with Crippen molar-refractivity contribution in [3.05, 3.63) is 53.3 Å². The first kappa shape index (κ1) is 18.5. The fraction of sp³-hybridized carbons (Fsp3) is 0.409. The summed E-state index contributed by atoms with van der Waals surface area (Å²) in [5.41, 5.74) is 3.25. The maximum absolute atomic E-state index is 12.7. The normalized spacial score (nSPS) is 18.7. The zero-order valence-electron chi connectivity index (χ0n) is 15.8. The maximum atomic E-state index is 12.7. The van der Waals surface area contributed by atoms with Gasteiger partial charge in [0, 0.05) is 37.9 Å². The van der Waals surface area contributed by atoms with E-state index < -0.39 is 0 Å². The number of hydrogen-bond acceptors (Lipinski definition) is 5. The quantitative estimate of drug-likeness (QED) is 0.619. The van der Waals surface area contributed by atoms with Crippen LogP contribution < -0.4 is 5.32 Å². The molecule has 6 heteroatoms. The highest BCUT2D eigenvalue weighted by Gasteiger charge is 2.28. The van der Waals surface area contributed by atoms with E-state index in [-0.39, 0.29) is 12.0 Å². The van der Waals surface area contributed by atoms with E-state index in [2.05, 4.69) is 45.5 Å². The van der Waals surface area contributed by atoms with Crippen molar-refractivity contribution in [2.24, 2.45) is 0 Å². The van der Waals surface area contributed by atoms with Gasteiger partial charge in [0.1, 0.15) is 0 Å². The van der Waals surface area contributed by atoms with Crippen molar-refractivity contribution in [2.45, 2.75) is 37.8 Å². The third-order valence-corrected chi connectivity index (χ3v) is 5.32. The van der Waals surface area contributed by atoms with Crippen molar-refractivity contribution in [1.29, 1.82) is 0 Å². The number of hydrogen-bond donors (Lipinski definition) is 1. The van der Waals surface area contributed by atoms with Gasteiger partial charge in [0.25, 0.3) is 5.91 Å². The second kappa shape index (κ2) is 8.41. The van der Waals surface area contributed by atoms with Crippen LogP contribution in [0.2, 0.25) is 0 Å². The molecule has 1 fully saturated rings. The summed E-state index contributed by atoms with van der Waals surface area (Å²) in [6, 6.07) is 8.76. The van der Waals surface area contributed by atoms with Gasteiger partial charge in [0.05, 0.1) is 18.3 Å². The predicted molar refractivity (Wildman–Crippen MR) is 107 cm³/mol. The molecule has 28 heavy (non-hydrogen) atoms. The van der Waals surface area contributed by atoms with Crippen LogP contribution in [0.1, 0.15) is 34.3 Å². The minimum Gasteiger partial charge on any atom is -0.375 e. The molecule has 1 aliphatic carbocycles. The molecule has 0 bridgehead atoms. The number of rotatable bonds is 6. The molecule has 1 aliphatic heterocycles. The fourth-order valence-corrected chi connectivity index (χ4v) is 3.87. The summed E-state index contributed by atoms with van der Waals surface area (Å²) >= 11 is 0. The topological polar surface area (TPSA) is 67.3 Å². The van der Waals surface area contributed by atoms with Gasteiger partial charge in [-0.3, -0.25) is 4.79 Å². The van der Waals surface area contributed by atoms with Gasteiger partial charge in [0.2, 0.25) is 5.95 Å². The highest BCUT2D eigenvalue weighted by Crippen LogP contribution is 2.23. The number of fused-ring (bicyclic) bond motifs is 1. The standard InChI is InChI=1S/C22H24N4O2/c1-2-3-10-28-20-8-9-26(15-20)21(27)18-13-23-22(24-14-18)25-19-11-16-6-4-5-7-17(16)12-19/h1,4-7,13-14,19-20H,3,8-12,15H2,(H,23,24,25). The third-order valence-electron chi connectivity index (χ3n) is 5.32. The van der Waals surface area contributed by atoms with Gasteiger partial charge in [-0.15, -0.1) is 12.3 Å². The van der Waals surface area contributed by atoms with E-state index >= 15 is 0 Å². The Morgan fingerprint density at radius 2 is 1.96 bits per heavy atom. The Morgan fingerprint density at radius 3 is 2.64 bits per heavy atom. The largest absolute Gasteiger partial charge is 0.375 e. The number of terminal acetylenes is 1. The number of carbonyl (C=O) groups is 1. The summed E-state index contributed by atoms with van der Waals surface area (Å²) < 4.78 is 5.70. The second-order valence-electron chi connectivity index (χ2n) is 7.30. The lowest BCUT2D eigenvalue weighted by Crippen LogP contribution is -2.30. The molecular formula is C22H24N4O2. The van der Waals surface area contributed by atoms with Gasteiger partial charge in [0.15, 0.2) is 0 Å². The minimum absolute atomic E-state index is 0.0529. The van der Waals surface area contributed by atoms with Crippen LogP contribution in [0.3, 0.4) is 0 Å². The lowest BCUT2D eigenvalue weighted by Gasteiger charge is -2.17. The summed E-state index contributed by atoms with van der Waals surface area (Å²) in [5.74, 6) is 3.07. The van der Waals surface area contributed by atoms with Gasteiger partial charge < -0.3 is 15.0 Å². The summed E-state index contributed by atoms with van der Waals surface area (Å²) in [6.07, 6.45) is 11.9. The molecular weight excluding hydrogens is 352 g/mol. The average molecular weight is 376 g/mol. The van der Waals surface area contributed by atoms with Crippen molar-refractivity contribution < 1.29 is 9.53 Å². The molecule has 1 amide bonds. The van der Waals surface area contributed by atoms with E-state index in [1.54, 1.807) is 17.3 Å². The SMILES string of the molecule is C#CCCOC1CCN(C(=O)c2cnc(NC3Cc4ccccc4C3)nc2)C1. The number of nitrogens with zero attached hydrogens (tertiary/aromatic N) is 3. The van der Waals surface area contributed by atoms with Crippen molar-refractivity contribution >= 4 is 11.9 Å². The van der Waals surface area contributed by atoms with E-state index in [0.29, 0.717) is 43.7 Å². The average Bonchev–Trinajstić information content (AvgIpc) is 3.35. The Hall–Kier alpha value is -2.91. The van der Waals surface area contributed by atoms with Crippen LogP contribution >= 0.6 is 0 Å². The first-order valence-electron chi connectivity index (χ1n) is 9.72. The molecule has 0 saturated carbocycles. The Bertz CT molecular complexity index is 850. The molecule has 1 aromatic carbocycles. The first-order valence-corrected chi connectivity index (χ1v) is 9.72. The maximum Gasteiger partial charge on any atom is 0.257 e. The molecule has 6 nitrogen and oxygen atoms in total. The highest BCUT2D eigenvalue weighted by atomic mass is 16.5. The monoisotopic (exact) mass is 376 g/mol. The smallest absolute Gasteiger partial charge is 0.257 e. The molecule has 1 unspecified atom stereocenters. The van der Waals surface area contributed by atoms with Crippen molar-refractivity contribution in [3.8, 4) is 12.3 Å². The van der Waals surface area contributed by atoms with Gasteiger partial charge in [-0.2, -0.15) is 0 Å². The van der Waals surface area contributed by atoms with E-state index in [0.717, 1.165) is 19.3 Å². The van der Waals surface area contributed by atoms with E-state index in [1.807, 2.05) is 0 Å². The van der Waals surface area contributed by atoms with Crippen LogP contribution in [0.4, 0.5) is 5.95 Å². The second-order valence-corrected chi connectivity index (χ2v) is 7.30. The number of anilines is 1. The van der Waals surface area contributed by atoms with Gasteiger partial charge in [-0.05, 0) is 30.4 Å². The minimum atomic E-state index is -0.0529. The highest BCUT2D eigenvalue weighted by molar-refractivity contribution is 5.93. The van der Waals surface area contributed by atoms with Crippen molar-refractivity contribution in [1.82, 2.24) is 14.9 Å². The van der Waals surface area contributed by atoms with E-state index in [1.165, 1.54) is 11.1 Å². The molecule has 1 atom stereocenters. The lowest BCUT2D eigenvalue weighted by molar-refractivity contribution is 0.0563. The van der Waals surface area contributed by atoms with Gasteiger partial charge in [-0.25, -0.2) is 9.97 Å². The van der Waals surface area contributed by atoms with Crippen LogP contribution in [0, 0.1) is 12.3 Å². The van der Waals surface area contributed by atoms with Crippen LogP contribution in [-0.4, -0.2) is 52.6 Å². The molecule has 0 spiro atoms. The Morgan fingerprint density at radius 1 is 1.25 bits per heavy atom. The van der Waals surface area contributed by atoms with Crippen molar-refractivity contribution in [3.63, 3.8) is 0 Å². The number of carbonyl (C=O) groups excluding carboxylic acids is 1. The Kier molecular flexibility index (Phi) is 5.54. The van der Waals surface area contributed by atoms with Crippen LogP contribution in [0.5, 0.6) is 0 Å². The molecule has 4 rings (SSSR count). The number of ether oxygens (including phenoxy) is 1. The molecule has 1 N–H and O–H groups in total. The summed E-state index contributed by atoms with van der Waals surface area (Å²) in [7, 11) is 0. The van der Waals surface area contributed by atoms with E-state index in [9.17, 15) is 4.79 Å². The first-order chi connectivity index (χ1) is 13.7. The summed E-state index contributed by atoms with van der Waals surface area (Å²) in [4.78, 5) is 23.2. The summed E-state index contributed by atoms with van der Waals surface area (Å²) in [6.45, 7) is 1.81. The Labute approximate surface area is 165 Å². The number of nitrogens with one attached hydrogen (secondary N) is 1. The lowest BCUT2D eigenvalue weighted by atomic mass is 10.1. The third kappa shape index (κ3) is 4.15. The molecule has 2 heterocycles. The van der Waals surface area contributed by atoms with Crippen LogP contribution in [0.25, 0.3) is 0 Å². The Balaban J connectivity index is 1.30. The van der Waals surface area contributed by atoms with Crippen molar-refractivity contribution in [2.75, 3.05) is 25.0 Å². The van der Waals surface area contributed by atoms with E-state index in [4.69, 9.17) is 11.2 Å². The molecule has 1 aromatic heterocycles. The van der Waals surface area contributed by atoms with Gasteiger partial charge in [-0.1, -0.05) is 24.3 Å². The van der Waals surface area contributed by atoms with Crippen LogP contribution in [-0.2, 0) is 17.6 Å². The zero-order valence-corrected chi connectivity index (χ0v) is 15.8. The molecule has 0 radical (unpaired) electrons. The number of aromatic nitrogens is 2. The molecule has 1 saturated heterocycles. The number of benzene rings is 1.